The van der Waals surface area contributed by atoms with Gasteiger partial charge in [-0.1, -0.05) is 41.4 Å². The van der Waals surface area contributed by atoms with Crippen LogP contribution in [0.3, 0.4) is 0 Å². The number of carbonyl (C=O) groups is 2. The highest BCUT2D eigenvalue weighted by Gasteiger charge is 2.17. The largest absolute Gasteiger partial charge is 0.317 e. The van der Waals surface area contributed by atoms with Crippen LogP contribution in [0, 0.1) is 0 Å². The van der Waals surface area contributed by atoms with Crippen LogP contribution in [0.1, 0.15) is 0 Å². The second-order valence-electron chi connectivity index (χ2n) is 3.98. The normalized spacial score (nSPS) is 10.0. The van der Waals surface area contributed by atoms with E-state index in [2.05, 4.69) is 26.6 Å². The first kappa shape index (κ1) is 15.8. The molecule has 0 radical (unpaired) electrons. The van der Waals surface area contributed by atoms with E-state index in [0.717, 1.165) is 0 Å². The van der Waals surface area contributed by atoms with E-state index < -0.39 is 11.8 Å². The average molecular weight is 388 g/mol. The monoisotopic (exact) mass is 386 g/mol. The third-order valence-electron chi connectivity index (χ3n) is 2.53. The van der Waals surface area contributed by atoms with Crippen molar-refractivity contribution in [2.75, 3.05) is 10.6 Å². The summed E-state index contributed by atoms with van der Waals surface area (Å²) in [4.78, 5) is 23.7. The average Bonchev–Trinajstić information content (AvgIpc) is 2.45. The first-order valence-corrected chi connectivity index (χ1v) is 7.35. The third kappa shape index (κ3) is 3.97. The molecule has 2 N–H and O–H groups in total. The molecule has 0 saturated carbocycles. The van der Waals surface area contributed by atoms with E-state index in [1.165, 1.54) is 0 Å². The lowest BCUT2D eigenvalue weighted by Gasteiger charge is -2.10. The zero-order chi connectivity index (χ0) is 15.4. The van der Waals surface area contributed by atoms with Crippen LogP contribution in [0.4, 0.5) is 11.4 Å². The van der Waals surface area contributed by atoms with Crippen molar-refractivity contribution < 1.29 is 9.59 Å². The summed E-state index contributed by atoms with van der Waals surface area (Å²) >= 11 is 15.1. The zero-order valence-corrected chi connectivity index (χ0v) is 13.6. The molecule has 0 fully saturated rings. The molecule has 0 heterocycles. The predicted molar refractivity (Wildman–Crippen MR) is 87.9 cm³/mol. The van der Waals surface area contributed by atoms with E-state index in [1.54, 1.807) is 42.5 Å². The Balaban J connectivity index is 2.10. The summed E-state index contributed by atoms with van der Waals surface area (Å²) in [6.45, 7) is 0. The Kier molecular flexibility index (Phi) is 5.22. The number of hydrogen-bond acceptors (Lipinski definition) is 2. The smallest absolute Gasteiger partial charge is 0.314 e. The Labute approximate surface area is 139 Å². The summed E-state index contributed by atoms with van der Waals surface area (Å²) in [5, 5.41) is 5.38. The van der Waals surface area contributed by atoms with Gasteiger partial charge in [0, 0.05) is 4.47 Å². The molecular formula is C14H9BrCl2N2O2. The third-order valence-corrected chi connectivity index (χ3v) is 3.85. The summed E-state index contributed by atoms with van der Waals surface area (Å²) in [5.74, 6) is -1.68. The maximum absolute atomic E-state index is 11.9. The highest BCUT2D eigenvalue weighted by atomic mass is 79.9. The van der Waals surface area contributed by atoms with Gasteiger partial charge in [0.2, 0.25) is 0 Å². The first-order chi connectivity index (χ1) is 9.99. The van der Waals surface area contributed by atoms with Crippen molar-refractivity contribution in [3.8, 4) is 0 Å². The standard InChI is InChI=1S/C14H9BrCl2N2O2/c15-8-4-1-2-7-11(8)18-13(20)14(21)19-12-9(16)5-3-6-10(12)17/h1-7H,(H,18,20)(H,19,21). The van der Waals surface area contributed by atoms with Gasteiger partial charge >= 0.3 is 11.8 Å². The van der Waals surface area contributed by atoms with E-state index in [4.69, 9.17) is 23.2 Å². The molecule has 108 valence electrons. The van der Waals surface area contributed by atoms with Crippen LogP contribution in [0.25, 0.3) is 0 Å². The summed E-state index contributed by atoms with van der Waals surface area (Å²) in [5.41, 5.74) is 0.691. The molecule has 0 aliphatic carbocycles. The summed E-state index contributed by atoms with van der Waals surface area (Å²) in [6, 6.07) is 11.7. The number of rotatable bonds is 2. The SMILES string of the molecule is O=C(Nc1ccccc1Br)C(=O)Nc1c(Cl)cccc1Cl. The van der Waals surface area contributed by atoms with Gasteiger partial charge in [0.25, 0.3) is 0 Å². The van der Waals surface area contributed by atoms with Crippen molar-refractivity contribution >= 4 is 62.3 Å². The predicted octanol–water partition coefficient (Wildman–Crippen LogP) is 4.33. The van der Waals surface area contributed by atoms with Gasteiger partial charge in [-0.3, -0.25) is 9.59 Å². The van der Waals surface area contributed by atoms with Gasteiger partial charge in [0.1, 0.15) is 0 Å². The van der Waals surface area contributed by atoms with Gasteiger partial charge < -0.3 is 10.6 Å². The molecule has 0 bridgehead atoms. The van der Waals surface area contributed by atoms with Crippen molar-refractivity contribution in [2.24, 2.45) is 0 Å². The summed E-state index contributed by atoms with van der Waals surface area (Å²) in [7, 11) is 0. The number of para-hydroxylation sites is 2. The molecule has 21 heavy (non-hydrogen) atoms. The van der Waals surface area contributed by atoms with Crippen molar-refractivity contribution in [1.29, 1.82) is 0 Å². The van der Waals surface area contributed by atoms with Gasteiger partial charge in [0.05, 0.1) is 21.4 Å². The number of nitrogens with one attached hydrogen (secondary N) is 2. The van der Waals surface area contributed by atoms with Gasteiger partial charge in [-0.2, -0.15) is 0 Å². The molecule has 0 spiro atoms. The lowest BCUT2D eigenvalue weighted by molar-refractivity contribution is -0.133. The molecule has 4 nitrogen and oxygen atoms in total. The maximum atomic E-state index is 11.9. The molecule has 0 unspecified atom stereocenters. The van der Waals surface area contributed by atoms with Crippen LogP contribution >= 0.6 is 39.1 Å². The molecule has 7 heteroatoms. The van der Waals surface area contributed by atoms with Crippen molar-refractivity contribution in [2.45, 2.75) is 0 Å². The highest BCUT2D eigenvalue weighted by molar-refractivity contribution is 9.10. The van der Waals surface area contributed by atoms with Crippen LogP contribution in [-0.4, -0.2) is 11.8 Å². The minimum atomic E-state index is -0.860. The molecular weight excluding hydrogens is 379 g/mol. The maximum Gasteiger partial charge on any atom is 0.314 e. The van der Waals surface area contributed by atoms with Crippen molar-refractivity contribution in [1.82, 2.24) is 0 Å². The van der Waals surface area contributed by atoms with Crippen LogP contribution in [0.15, 0.2) is 46.9 Å². The zero-order valence-electron chi connectivity index (χ0n) is 10.5. The summed E-state index contributed by atoms with van der Waals surface area (Å²) < 4.78 is 0.668. The van der Waals surface area contributed by atoms with E-state index in [1.807, 2.05) is 0 Å². The fraction of sp³-hybridized carbons (Fsp3) is 0. The molecule has 2 rings (SSSR count). The lowest BCUT2D eigenvalue weighted by Crippen LogP contribution is -2.29. The molecule has 0 aromatic heterocycles. The number of hydrogen-bond donors (Lipinski definition) is 2. The second-order valence-corrected chi connectivity index (χ2v) is 5.65. The Bertz CT molecular complexity index is 687. The van der Waals surface area contributed by atoms with Crippen LogP contribution in [0.2, 0.25) is 10.0 Å². The molecule has 2 aromatic rings. The Morgan fingerprint density at radius 1 is 0.857 bits per heavy atom. The molecule has 0 aliphatic rings. The number of amides is 2. The fourth-order valence-electron chi connectivity index (χ4n) is 1.53. The molecule has 2 amide bonds. The van der Waals surface area contributed by atoms with E-state index in [9.17, 15) is 9.59 Å². The number of carbonyl (C=O) groups excluding carboxylic acids is 2. The van der Waals surface area contributed by atoms with Gasteiger partial charge in [-0.05, 0) is 40.2 Å². The number of benzene rings is 2. The van der Waals surface area contributed by atoms with Crippen LogP contribution in [0.5, 0.6) is 0 Å². The molecule has 2 aromatic carbocycles. The Morgan fingerprint density at radius 2 is 1.43 bits per heavy atom. The van der Waals surface area contributed by atoms with Crippen molar-refractivity contribution in [3.63, 3.8) is 0 Å². The Morgan fingerprint density at radius 3 is 2.05 bits per heavy atom. The van der Waals surface area contributed by atoms with Crippen LogP contribution < -0.4 is 10.6 Å². The van der Waals surface area contributed by atoms with Gasteiger partial charge in [0.15, 0.2) is 0 Å². The van der Waals surface area contributed by atoms with Crippen LogP contribution in [-0.2, 0) is 9.59 Å². The fourth-order valence-corrected chi connectivity index (χ4v) is 2.41. The van der Waals surface area contributed by atoms with Gasteiger partial charge in [-0.15, -0.1) is 0 Å². The van der Waals surface area contributed by atoms with Gasteiger partial charge in [-0.25, -0.2) is 0 Å². The Hall–Kier alpha value is -1.56. The highest BCUT2D eigenvalue weighted by Crippen LogP contribution is 2.29. The van der Waals surface area contributed by atoms with E-state index in [0.29, 0.717) is 10.2 Å². The lowest BCUT2D eigenvalue weighted by atomic mass is 10.3. The molecule has 0 saturated heterocycles. The second kappa shape index (κ2) is 6.93. The molecule has 0 aliphatic heterocycles. The van der Waals surface area contributed by atoms with Crippen molar-refractivity contribution in [3.05, 3.63) is 57.0 Å². The van der Waals surface area contributed by atoms with E-state index >= 15 is 0 Å². The minimum Gasteiger partial charge on any atom is -0.317 e. The first-order valence-electron chi connectivity index (χ1n) is 5.80. The quantitative estimate of drug-likeness (QED) is 0.753. The number of halogens is 3. The minimum absolute atomic E-state index is 0.202. The topological polar surface area (TPSA) is 58.2 Å². The summed E-state index contributed by atoms with van der Waals surface area (Å²) in [6.07, 6.45) is 0. The molecule has 0 atom stereocenters. The van der Waals surface area contributed by atoms with E-state index in [-0.39, 0.29) is 15.7 Å². The number of anilines is 2.